The fraction of sp³-hybridized carbons (Fsp3) is 0. The van der Waals surface area contributed by atoms with Crippen LogP contribution in [0.2, 0.25) is 0 Å². The Morgan fingerprint density at radius 2 is 0.824 bits per heavy atom. The molecule has 1 nitrogen and oxygen atoms in total. The molecule has 0 amide bonds. The molecule has 0 heterocycles. The third-order valence-electron chi connectivity index (χ3n) is 10.4. The van der Waals surface area contributed by atoms with Crippen LogP contribution < -0.4 is 4.90 Å². The SMILES string of the molecule is c1ccc(-c2cccc(N(c3ccc(-c4cc5ccccc5c5ccccc45)cc3)c3ccc4c(ccc5ccc6ccccc6c54)c3)c2)cc1. The van der Waals surface area contributed by atoms with Gasteiger partial charge in [0.15, 0.2) is 0 Å². The van der Waals surface area contributed by atoms with Gasteiger partial charge in [-0.05, 0) is 119 Å². The number of anilines is 3. The van der Waals surface area contributed by atoms with Crippen molar-refractivity contribution in [2.75, 3.05) is 4.90 Å². The van der Waals surface area contributed by atoms with Crippen LogP contribution in [0.5, 0.6) is 0 Å². The molecule has 0 fully saturated rings. The molecule has 0 aliphatic rings. The average molecular weight is 648 g/mol. The highest BCUT2D eigenvalue weighted by atomic mass is 15.1. The van der Waals surface area contributed by atoms with Crippen LogP contribution in [0, 0.1) is 0 Å². The molecule has 10 aromatic rings. The van der Waals surface area contributed by atoms with E-state index in [0.717, 1.165) is 17.1 Å². The maximum atomic E-state index is 2.39. The normalized spacial score (nSPS) is 11.5. The molecule has 10 rings (SSSR count). The van der Waals surface area contributed by atoms with Crippen molar-refractivity contribution in [3.8, 4) is 22.3 Å². The summed E-state index contributed by atoms with van der Waals surface area (Å²) in [6.07, 6.45) is 0. The first-order chi connectivity index (χ1) is 25.3. The number of rotatable bonds is 5. The fourth-order valence-electron chi connectivity index (χ4n) is 7.95. The third-order valence-corrected chi connectivity index (χ3v) is 10.4. The minimum Gasteiger partial charge on any atom is -0.310 e. The van der Waals surface area contributed by atoms with E-state index in [1.807, 2.05) is 0 Å². The van der Waals surface area contributed by atoms with Crippen molar-refractivity contribution in [3.05, 3.63) is 200 Å². The van der Waals surface area contributed by atoms with Gasteiger partial charge in [0, 0.05) is 17.1 Å². The summed E-state index contributed by atoms with van der Waals surface area (Å²) in [6.45, 7) is 0. The average Bonchev–Trinajstić information content (AvgIpc) is 3.21. The van der Waals surface area contributed by atoms with Gasteiger partial charge in [-0.1, -0.05) is 158 Å². The van der Waals surface area contributed by atoms with Crippen molar-refractivity contribution in [2.45, 2.75) is 0 Å². The largest absolute Gasteiger partial charge is 0.310 e. The van der Waals surface area contributed by atoms with Crippen molar-refractivity contribution in [2.24, 2.45) is 0 Å². The van der Waals surface area contributed by atoms with E-state index in [1.165, 1.54) is 76.1 Å². The Labute approximate surface area is 297 Å². The summed E-state index contributed by atoms with van der Waals surface area (Å²) in [5.41, 5.74) is 8.20. The quantitative estimate of drug-likeness (QED) is 0.168. The molecular weight excluding hydrogens is 615 g/mol. The van der Waals surface area contributed by atoms with E-state index in [1.54, 1.807) is 0 Å². The van der Waals surface area contributed by atoms with E-state index in [9.17, 15) is 0 Å². The summed E-state index contributed by atoms with van der Waals surface area (Å²) in [5.74, 6) is 0. The van der Waals surface area contributed by atoms with Crippen molar-refractivity contribution in [1.82, 2.24) is 0 Å². The van der Waals surface area contributed by atoms with Gasteiger partial charge in [0.05, 0.1) is 0 Å². The standard InChI is InChI=1S/C50H33N/c1-2-11-34(12-3-1)38-15-10-16-42(31-38)51(43-29-30-46-40(32-43)24-23-37-22-21-35-13-4-7-18-45(35)50(37)46)41-27-25-36(26-28-41)49-33-39-14-5-6-17-44(39)47-19-8-9-20-48(47)49/h1-33H. The van der Waals surface area contributed by atoms with Gasteiger partial charge in [0.1, 0.15) is 0 Å². The number of hydrogen-bond acceptors (Lipinski definition) is 1. The molecule has 0 spiro atoms. The van der Waals surface area contributed by atoms with Gasteiger partial charge in [-0.3, -0.25) is 0 Å². The molecule has 0 aromatic heterocycles. The first-order valence-corrected chi connectivity index (χ1v) is 17.6. The topological polar surface area (TPSA) is 3.24 Å². The molecular formula is C50H33N. The number of benzene rings is 10. The van der Waals surface area contributed by atoms with Gasteiger partial charge < -0.3 is 4.90 Å². The maximum Gasteiger partial charge on any atom is 0.0468 e. The zero-order valence-corrected chi connectivity index (χ0v) is 28.0. The Kier molecular flexibility index (Phi) is 6.89. The molecule has 0 atom stereocenters. The van der Waals surface area contributed by atoms with Crippen molar-refractivity contribution in [3.63, 3.8) is 0 Å². The summed E-state index contributed by atoms with van der Waals surface area (Å²) < 4.78 is 0. The highest BCUT2D eigenvalue weighted by Crippen LogP contribution is 2.41. The first-order valence-electron chi connectivity index (χ1n) is 17.6. The molecule has 0 bridgehead atoms. The monoisotopic (exact) mass is 647 g/mol. The maximum absolute atomic E-state index is 2.39. The second-order valence-electron chi connectivity index (χ2n) is 13.3. The predicted molar refractivity (Wildman–Crippen MR) is 220 cm³/mol. The van der Waals surface area contributed by atoms with Gasteiger partial charge in [-0.2, -0.15) is 0 Å². The van der Waals surface area contributed by atoms with Crippen LogP contribution in [0.3, 0.4) is 0 Å². The highest BCUT2D eigenvalue weighted by Gasteiger charge is 2.16. The van der Waals surface area contributed by atoms with Crippen LogP contribution in [0.25, 0.3) is 76.1 Å². The number of fused-ring (bicyclic) bond motifs is 8. The molecule has 10 aromatic carbocycles. The Bertz CT molecular complexity index is 2900. The molecule has 0 saturated heterocycles. The molecule has 0 radical (unpaired) electrons. The molecule has 1 heteroatoms. The van der Waals surface area contributed by atoms with E-state index in [-0.39, 0.29) is 0 Å². The minimum absolute atomic E-state index is 1.11. The van der Waals surface area contributed by atoms with Crippen LogP contribution >= 0.6 is 0 Å². The van der Waals surface area contributed by atoms with Crippen molar-refractivity contribution in [1.29, 1.82) is 0 Å². The van der Waals surface area contributed by atoms with Gasteiger partial charge in [0.2, 0.25) is 0 Å². The lowest BCUT2D eigenvalue weighted by Crippen LogP contribution is -2.10. The molecule has 0 aliphatic heterocycles. The lowest BCUT2D eigenvalue weighted by Gasteiger charge is -2.27. The van der Waals surface area contributed by atoms with Crippen molar-refractivity contribution < 1.29 is 0 Å². The van der Waals surface area contributed by atoms with E-state index in [4.69, 9.17) is 0 Å². The Morgan fingerprint density at radius 3 is 1.65 bits per heavy atom. The first kappa shape index (κ1) is 29.2. The summed E-state index contributed by atoms with van der Waals surface area (Å²) in [4.78, 5) is 2.39. The summed E-state index contributed by atoms with van der Waals surface area (Å²) in [6, 6.07) is 73.0. The molecule has 0 saturated carbocycles. The second kappa shape index (κ2) is 12.0. The smallest absolute Gasteiger partial charge is 0.0468 e. The number of hydrogen-bond donors (Lipinski definition) is 0. The molecule has 0 aliphatic carbocycles. The molecule has 238 valence electrons. The molecule has 0 unspecified atom stereocenters. The Hall–Kier alpha value is -6.70. The summed E-state index contributed by atoms with van der Waals surface area (Å²) in [5, 5.41) is 12.7. The van der Waals surface area contributed by atoms with Crippen LogP contribution in [0.1, 0.15) is 0 Å². The molecule has 51 heavy (non-hydrogen) atoms. The molecule has 0 N–H and O–H groups in total. The van der Waals surface area contributed by atoms with Gasteiger partial charge in [-0.15, -0.1) is 0 Å². The van der Waals surface area contributed by atoms with E-state index in [2.05, 4.69) is 205 Å². The summed E-state index contributed by atoms with van der Waals surface area (Å²) in [7, 11) is 0. The third kappa shape index (κ3) is 5.02. The van der Waals surface area contributed by atoms with Gasteiger partial charge in [0.25, 0.3) is 0 Å². The van der Waals surface area contributed by atoms with Crippen LogP contribution in [0.4, 0.5) is 17.1 Å². The van der Waals surface area contributed by atoms with Crippen LogP contribution in [0.15, 0.2) is 200 Å². The van der Waals surface area contributed by atoms with E-state index >= 15 is 0 Å². The predicted octanol–water partition coefficient (Wildman–Crippen LogP) is 14.3. The second-order valence-corrected chi connectivity index (χ2v) is 13.3. The van der Waals surface area contributed by atoms with E-state index in [0.29, 0.717) is 0 Å². The zero-order chi connectivity index (χ0) is 33.7. The van der Waals surface area contributed by atoms with Gasteiger partial charge >= 0.3 is 0 Å². The Balaban J connectivity index is 1.14. The summed E-state index contributed by atoms with van der Waals surface area (Å²) >= 11 is 0. The lowest BCUT2D eigenvalue weighted by molar-refractivity contribution is 1.29. The van der Waals surface area contributed by atoms with E-state index < -0.39 is 0 Å². The minimum atomic E-state index is 1.11. The fourth-order valence-corrected chi connectivity index (χ4v) is 7.95. The highest BCUT2D eigenvalue weighted by molar-refractivity contribution is 6.20. The van der Waals surface area contributed by atoms with Crippen molar-refractivity contribution >= 4 is 70.9 Å². The zero-order valence-electron chi connectivity index (χ0n) is 28.0. The Morgan fingerprint density at radius 1 is 0.255 bits per heavy atom. The number of nitrogens with zero attached hydrogens (tertiary/aromatic N) is 1. The van der Waals surface area contributed by atoms with Crippen LogP contribution in [-0.2, 0) is 0 Å². The van der Waals surface area contributed by atoms with Gasteiger partial charge in [-0.25, -0.2) is 0 Å². The van der Waals surface area contributed by atoms with Crippen LogP contribution in [-0.4, -0.2) is 0 Å². The lowest BCUT2D eigenvalue weighted by atomic mass is 9.93.